The van der Waals surface area contributed by atoms with Gasteiger partial charge in [-0.2, -0.15) is 5.43 Å². The molecule has 0 saturated carbocycles. The summed E-state index contributed by atoms with van der Waals surface area (Å²) in [6.07, 6.45) is 1.84. The number of nitro groups is 1. The first-order chi connectivity index (χ1) is 13.1. The van der Waals surface area contributed by atoms with E-state index in [4.69, 9.17) is 0 Å². The number of rotatable bonds is 4. The minimum atomic E-state index is -0.399. The van der Waals surface area contributed by atoms with Gasteiger partial charge in [0.15, 0.2) is 5.69 Å². The van der Waals surface area contributed by atoms with Gasteiger partial charge in [0.1, 0.15) is 11.4 Å². The molecule has 0 radical (unpaired) electrons. The number of hydrogen-bond donors (Lipinski definition) is 1. The van der Waals surface area contributed by atoms with Crippen molar-refractivity contribution in [3.8, 4) is 0 Å². The molecule has 134 valence electrons. The average Bonchev–Trinajstić information content (AvgIpc) is 3.14. The first-order valence-corrected chi connectivity index (χ1v) is 9.25. The van der Waals surface area contributed by atoms with Crippen molar-refractivity contribution in [2.45, 2.75) is 0 Å². The molecule has 0 amide bonds. The highest BCUT2D eigenvalue weighted by Gasteiger charge is 2.33. The molecule has 0 bridgehead atoms. The van der Waals surface area contributed by atoms with Gasteiger partial charge in [0.25, 0.3) is 12.0 Å². The summed E-state index contributed by atoms with van der Waals surface area (Å²) in [5.74, 6) is 0. The summed E-state index contributed by atoms with van der Waals surface area (Å²) in [6.45, 7) is 0. The van der Waals surface area contributed by atoms with E-state index in [-0.39, 0.29) is 5.69 Å². The van der Waals surface area contributed by atoms with Crippen molar-refractivity contribution in [3.05, 3.63) is 92.5 Å². The lowest BCUT2D eigenvalue weighted by Crippen LogP contribution is -2.46. The molecule has 0 atom stereocenters. The highest BCUT2D eigenvalue weighted by atomic mass is 127. The van der Waals surface area contributed by atoms with Gasteiger partial charge in [-0.25, -0.2) is 0 Å². The number of nitrogens with one attached hydrogen (secondary N) is 1. The number of para-hydroxylation sites is 1. The van der Waals surface area contributed by atoms with E-state index in [1.165, 1.54) is 12.1 Å². The van der Waals surface area contributed by atoms with Crippen LogP contribution < -0.4 is 15.7 Å². The van der Waals surface area contributed by atoms with Gasteiger partial charge in [0.05, 0.1) is 4.92 Å². The third-order valence-corrected chi connectivity index (χ3v) is 4.80. The fourth-order valence-corrected chi connectivity index (χ4v) is 3.15. The van der Waals surface area contributed by atoms with E-state index in [0.29, 0.717) is 0 Å². The molecule has 0 aliphatic carbocycles. The highest BCUT2D eigenvalue weighted by molar-refractivity contribution is 14.1. The molecule has 1 N–H and O–H groups in total. The summed E-state index contributed by atoms with van der Waals surface area (Å²) in [7, 11) is 0. The maximum Gasteiger partial charge on any atom is 0.288 e. The van der Waals surface area contributed by atoms with Crippen LogP contribution in [0.1, 0.15) is 0 Å². The van der Waals surface area contributed by atoms with Crippen LogP contribution in [0.2, 0.25) is 0 Å². The second kappa shape index (κ2) is 7.23. The molecule has 27 heavy (non-hydrogen) atoms. The van der Waals surface area contributed by atoms with E-state index in [2.05, 4.69) is 28.0 Å². The number of halogens is 1. The van der Waals surface area contributed by atoms with Crippen molar-refractivity contribution in [3.63, 3.8) is 0 Å². The van der Waals surface area contributed by atoms with Crippen LogP contribution in [-0.2, 0) is 0 Å². The van der Waals surface area contributed by atoms with Crippen LogP contribution in [-0.4, -0.2) is 15.9 Å². The smallest absolute Gasteiger partial charge is 0.258 e. The van der Waals surface area contributed by atoms with Gasteiger partial charge < -0.3 is 0 Å². The molecule has 1 aliphatic heterocycles. The third kappa shape index (κ3) is 3.43. The molecule has 7 nitrogen and oxygen atoms in total. The summed E-state index contributed by atoms with van der Waals surface area (Å²) >= 11 is 2.26. The fraction of sp³-hybridized carbons (Fsp3) is 0. The van der Waals surface area contributed by atoms with Crippen LogP contribution >= 0.6 is 22.6 Å². The van der Waals surface area contributed by atoms with Gasteiger partial charge in [-0.3, -0.25) is 10.1 Å². The predicted molar refractivity (Wildman–Crippen MR) is 113 cm³/mol. The maximum atomic E-state index is 11.0. The van der Waals surface area contributed by atoms with Crippen LogP contribution in [0.25, 0.3) is 0 Å². The molecule has 3 aromatic carbocycles. The van der Waals surface area contributed by atoms with Gasteiger partial charge in [-0.15, -0.1) is 4.68 Å². The van der Waals surface area contributed by atoms with E-state index >= 15 is 0 Å². The van der Waals surface area contributed by atoms with E-state index in [0.717, 1.165) is 20.6 Å². The third-order valence-electron chi connectivity index (χ3n) is 4.08. The lowest BCUT2D eigenvalue weighted by Gasteiger charge is -2.26. The highest BCUT2D eigenvalue weighted by Crippen LogP contribution is 2.29. The van der Waals surface area contributed by atoms with Gasteiger partial charge in [0, 0.05) is 15.7 Å². The molecule has 4 rings (SSSR count). The molecule has 0 spiro atoms. The quantitative estimate of drug-likeness (QED) is 0.267. The Kier molecular flexibility index (Phi) is 4.63. The number of hydrogen-bond acceptors (Lipinski definition) is 5. The fourth-order valence-electron chi connectivity index (χ4n) is 2.79. The summed E-state index contributed by atoms with van der Waals surface area (Å²) in [4.78, 5) is 10.6. The van der Waals surface area contributed by atoms with E-state index in [9.17, 15) is 10.1 Å². The zero-order valence-corrected chi connectivity index (χ0v) is 16.2. The Morgan fingerprint density at radius 3 is 2.15 bits per heavy atom. The molecule has 0 saturated heterocycles. The number of nitro benzene ring substituents is 1. The minimum Gasteiger partial charge on any atom is -0.258 e. The topological polar surface area (TPSA) is 64.7 Å². The van der Waals surface area contributed by atoms with Crippen molar-refractivity contribution in [1.82, 2.24) is 5.43 Å². The molecule has 0 unspecified atom stereocenters. The maximum absolute atomic E-state index is 11.0. The van der Waals surface area contributed by atoms with Crippen molar-refractivity contribution in [2.75, 3.05) is 10.2 Å². The Hall–Kier alpha value is -3.14. The number of hydrazine groups is 3. The lowest BCUT2D eigenvalue weighted by atomic mass is 10.3. The second-order valence-corrected chi connectivity index (χ2v) is 7.04. The van der Waals surface area contributed by atoms with E-state index in [1.807, 2.05) is 75.9 Å². The van der Waals surface area contributed by atoms with Crippen molar-refractivity contribution >= 4 is 51.7 Å². The zero-order valence-electron chi connectivity index (χ0n) is 14.1. The minimum absolute atomic E-state index is 0.0574. The predicted octanol–water partition coefficient (Wildman–Crippen LogP) is 4.23. The number of nitrogens with zero attached hydrogens (tertiary/aromatic N) is 4. The average molecular weight is 472 g/mol. The largest absolute Gasteiger partial charge is 0.288 e. The van der Waals surface area contributed by atoms with Crippen molar-refractivity contribution in [1.29, 1.82) is 0 Å². The van der Waals surface area contributed by atoms with Crippen LogP contribution in [0.4, 0.5) is 22.7 Å². The van der Waals surface area contributed by atoms with Crippen molar-refractivity contribution in [2.24, 2.45) is 0 Å². The second-order valence-electron chi connectivity index (χ2n) is 5.79. The van der Waals surface area contributed by atoms with E-state index < -0.39 is 4.92 Å². The van der Waals surface area contributed by atoms with E-state index in [1.54, 1.807) is 12.1 Å². The Labute approximate surface area is 169 Å². The number of benzene rings is 3. The number of hydrazone groups is 1. The molecular weight excluding hydrogens is 457 g/mol. The SMILES string of the molecule is O=[N+]([O-])c1ccc(N2N(c3ccc(I)cc3)NC=[N+]2c2ccccc2)cc1. The molecule has 8 heteroatoms. The summed E-state index contributed by atoms with van der Waals surface area (Å²) in [5, 5.41) is 14.8. The normalized spacial score (nSPS) is 13.3. The molecule has 0 aromatic heterocycles. The van der Waals surface area contributed by atoms with Gasteiger partial charge >= 0.3 is 0 Å². The summed E-state index contributed by atoms with van der Waals surface area (Å²) in [6, 6.07) is 24.4. The zero-order chi connectivity index (χ0) is 18.8. The molecule has 1 aliphatic rings. The molecule has 1 heterocycles. The van der Waals surface area contributed by atoms with Gasteiger partial charge in [-0.05, 0) is 71.1 Å². The first kappa shape index (κ1) is 17.3. The summed E-state index contributed by atoms with van der Waals surface area (Å²) < 4.78 is 3.08. The Morgan fingerprint density at radius 1 is 0.889 bits per heavy atom. The van der Waals surface area contributed by atoms with Crippen LogP contribution in [0.3, 0.4) is 0 Å². The summed E-state index contributed by atoms with van der Waals surface area (Å²) in [5.41, 5.74) is 5.98. The van der Waals surface area contributed by atoms with Crippen LogP contribution in [0, 0.1) is 13.7 Å². The number of anilines is 2. The molecule has 0 fully saturated rings. The van der Waals surface area contributed by atoms with Crippen LogP contribution in [0.15, 0.2) is 78.9 Å². The Bertz CT molecular complexity index is 991. The standard InChI is InChI=1S/C19H14IN5O2/c20-15-6-8-17(9-7-15)23-21-14-22(16-4-2-1-3-5-16)24(23)18-10-12-19(13-11-18)25(26)27/h1-14H/p+1. The lowest BCUT2D eigenvalue weighted by molar-refractivity contribution is -0.444. The van der Waals surface area contributed by atoms with Gasteiger partial charge in [0.2, 0.25) is 0 Å². The Morgan fingerprint density at radius 2 is 1.52 bits per heavy atom. The Balaban J connectivity index is 1.77. The number of non-ortho nitro benzene ring substituents is 1. The van der Waals surface area contributed by atoms with Crippen molar-refractivity contribution < 1.29 is 9.61 Å². The van der Waals surface area contributed by atoms with Gasteiger partial charge in [-0.1, -0.05) is 28.4 Å². The monoisotopic (exact) mass is 472 g/mol. The van der Waals surface area contributed by atoms with Crippen LogP contribution in [0.5, 0.6) is 0 Å². The molecule has 3 aromatic rings. The first-order valence-electron chi connectivity index (χ1n) is 8.17. The molecular formula is C19H15IN5O2+.